The number of amides is 1. The molecular formula is C51H79NO12. The van der Waals surface area contributed by atoms with Gasteiger partial charge in [-0.2, -0.15) is 0 Å². The highest BCUT2D eigenvalue weighted by Gasteiger charge is 2.53. The molecule has 1 saturated carbocycles. The van der Waals surface area contributed by atoms with Crippen molar-refractivity contribution in [1.82, 2.24) is 4.90 Å². The van der Waals surface area contributed by atoms with E-state index in [2.05, 4.69) is 0 Å². The minimum absolute atomic E-state index is 0.0503. The number of esters is 1. The Balaban J connectivity index is 1.64. The zero-order chi connectivity index (χ0) is 47.3. The van der Waals surface area contributed by atoms with Crippen molar-refractivity contribution in [3.05, 3.63) is 47.6 Å². The minimum atomic E-state index is -2.42. The van der Waals surface area contributed by atoms with Gasteiger partial charge in [0.1, 0.15) is 23.7 Å². The molecule has 1 unspecified atom stereocenters. The highest BCUT2D eigenvalue weighted by atomic mass is 16.6. The number of methoxy groups -OCH3 is 1. The Morgan fingerprint density at radius 1 is 0.812 bits per heavy atom. The first-order chi connectivity index (χ1) is 30.2. The smallest absolute Gasteiger partial charge is 0.329 e. The van der Waals surface area contributed by atoms with E-state index in [-0.39, 0.29) is 73.6 Å². The third-order valence-electron chi connectivity index (χ3n) is 14.4. The van der Waals surface area contributed by atoms with Crippen LogP contribution in [0.5, 0.6) is 0 Å². The molecule has 13 heteroatoms. The van der Waals surface area contributed by atoms with E-state index < -0.39 is 71.8 Å². The van der Waals surface area contributed by atoms with Gasteiger partial charge in [-0.05, 0) is 113 Å². The Morgan fingerprint density at radius 3 is 2.20 bits per heavy atom. The lowest BCUT2D eigenvalue weighted by Crippen LogP contribution is -2.61. The topological polar surface area (TPSA) is 197 Å². The first-order valence-corrected chi connectivity index (χ1v) is 24.0. The van der Waals surface area contributed by atoms with Crippen molar-refractivity contribution < 1.29 is 58.6 Å². The van der Waals surface area contributed by atoms with Gasteiger partial charge in [-0.15, -0.1) is 0 Å². The molecule has 360 valence electrons. The molecule has 3 fully saturated rings. The molecular weight excluding hydrogens is 819 g/mol. The third kappa shape index (κ3) is 15.1. The molecule has 4 rings (SSSR count). The maximum Gasteiger partial charge on any atom is 0.329 e. The maximum atomic E-state index is 14.2. The van der Waals surface area contributed by atoms with Crippen molar-refractivity contribution in [3.63, 3.8) is 0 Å². The monoisotopic (exact) mass is 898 g/mol. The lowest BCUT2D eigenvalue weighted by molar-refractivity contribution is -0.265. The molecule has 2 saturated heterocycles. The second kappa shape index (κ2) is 25.0. The molecule has 4 N–H and O–H groups in total. The minimum Gasteiger partial charge on any atom is -0.460 e. The van der Waals surface area contributed by atoms with Gasteiger partial charge in [-0.25, -0.2) is 4.79 Å². The summed E-state index contributed by atoms with van der Waals surface area (Å²) < 4.78 is 18.2. The van der Waals surface area contributed by atoms with E-state index in [1.165, 1.54) is 4.90 Å². The number of rotatable bonds is 4. The molecule has 0 aromatic heterocycles. The number of nitrogens with zero attached hydrogens (tertiary/aromatic N) is 1. The first kappa shape index (κ1) is 53.3. The molecule has 3 aliphatic heterocycles. The third-order valence-corrected chi connectivity index (χ3v) is 14.4. The molecule has 0 aromatic carbocycles. The van der Waals surface area contributed by atoms with Crippen LogP contribution in [0.3, 0.4) is 0 Å². The van der Waals surface area contributed by atoms with Gasteiger partial charge in [-0.3, -0.25) is 19.2 Å². The average Bonchev–Trinajstić information content (AvgIpc) is 3.25. The lowest BCUT2D eigenvalue weighted by Gasteiger charge is -2.42. The molecule has 3 heterocycles. The Hall–Kier alpha value is -3.33. The van der Waals surface area contributed by atoms with E-state index in [9.17, 15) is 44.4 Å². The predicted octanol–water partition coefficient (Wildman–Crippen LogP) is 6.68. The Bertz CT molecular complexity index is 1710. The number of aliphatic hydroxyl groups is 4. The molecule has 0 spiro atoms. The Labute approximate surface area is 381 Å². The number of hydrogen-bond donors (Lipinski definition) is 4. The Morgan fingerprint density at radius 2 is 1.52 bits per heavy atom. The van der Waals surface area contributed by atoms with Crippen LogP contribution < -0.4 is 0 Å². The maximum absolute atomic E-state index is 14.2. The normalized spacial score (nSPS) is 40.1. The van der Waals surface area contributed by atoms with Crippen LogP contribution in [0.1, 0.15) is 145 Å². The number of carbonyl (C=O) groups excluding carboxylic acids is 5. The first-order valence-electron chi connectivity index (χ1n) is 24.0. The molecule has 13 nitrogen and oxygen atoms in total. The largest absolute Gasteiger partial charge is 0.460 e. The fourth-order valence-electron chi connectivity index (χ4n) is 9.92. The second-order valence-electron chi connectivity index (χ2n) is 19.8. The zero-order valence-electron chi connectivity index (χ0n) is 39.8. The van der Waals surface area contributed by atoms with E-state index in [4.69, 9.17) is 14.2 Å². The zero-order valence-corrected chi connectivity index (χ0v) is 39.8. The number of carbonyl (C=O) groups is 5. The predicted molar refractivity (Wildman–Crippen MR) is 243 cm³/mol. The highest BCUT2D eigenvalue weighted by molar-refractivity contribution is 6.39. The van der Waals surface area contributed by atoms with Gasteiger partial charge >= 0.3 is 5.97 Å². The highest BCUT2D eigenvalue weighted by Crippen LogP contribution is 2.37. The van der Waals surface area contributed by atoms with Crippen molar-refractivity contribution in [2.75, 3.05) is 13.7 Å². The van der Waals surface area contributed by atoms with E-state index >= 15 is 0 Å². The molecule has 1 amide bonds. The van der Waals surface area contributed by atoms with Crippen LogP contribution in [0.4, 0.5) is 0 Å². The molecule has 1 aliphatic carbocycles. The summed E-state index contributed by atoms with van der Waals surface area (Å²) in [6.45, 7) is 12.9. The summed E-state index contributed by atoms with van der Waals surface area (Å²) in [6, 6.07) is -1.11. The molecule has 4 aliphatic rings. The van der Waals surface area contributed by atoms with Crippen LogP contribution in [-0.4, -0.2) is 117 Å². The summed E-state index contributed by atoms with van der Waals surface area (Å²) in [4.78, 5) is 70.4. The molecule has 64 heavy (non-hydrogen) atoms. The summed E-state index contributed by atoms with van der Waals surface area (Å²) in [5.74, 6) is -7.25. The van der Waals surface area contributed by atoms with Gasteiger partial charge in [0.2, 0.25) is 5.79 Å². The van der Waals surface area contributed by atoms with Gasteiger partial charge in [-0.1, -0.05) is 71.1 Å². The summed E-state index contributed by atoms with van der Waals surface area (Å²) >= 11 is 0. The number of fused-ring (bicyclic) bond motifs is 3. The lowest BCUT2D eigenvalue weighted by atomic mass is 9.80. The number of hydrogen-bond acceptors (Lipinski definition) is 12. The summed E-state index contributed by atoms with van der Waals surface area (Å²) in [7, 11) is 1.58. The number of Topliss-reactive ketones (excluding diaryl/α,β-unsaturated/α-hetero) is 3. The van der Waals surface area contributed by atoms with Crippen LogP contribution in [-0.2, 0) is 38.2 Å². The van der Waals surface area contributed by atoms with Gasteiger partial charge in [0.05, 0.1) is 30.5 Å². The fraction of sp³-hybridized carbons (Fsp3) is 0.745. The van der Waals surface area contributed by atoms with Gasteiger partial charge in [0.15, 0.2) is 0 Å². The quantitative estimate of drug-likeness (QED) is 0.133. The Kier molecular flexibility index (Phi) is 20.8. The van der Waals surface area contributed by atoms with E-state index in [0.717, 1.165) is 18.4 Å². The average molecular weight is 898 g/mol. The van der Waals surface area contributed by atoms with Gasteiger partial charge in [0, 0.05) is 57.1 Å². The van der Waals surface area contributed by atoms with Gasteiger partial charge < -0.3 is 39.5 Å². The molecule has 2 bridgehead atoms. The summed E-state index contributed by atoms with van der Waals surface area (Å²) in [6.07, 6.45) is 13.2. The number of ether oxygens (including phenoxy) is 3. The van der Waals surface area contributed by atoms with Crippen molar-refractivity contribution in [1.29, 1.82) is 0 Å². The number of cyclic esters (lactones) is 1. The van der Waals surface area contributed by atoms with Crippen LogP contribution in [0.25, 0.3) is 0 Å². The molecule has 0 radical (unpaired) electrons. The van der Waals surface area contributed by atoms with Crippen LogP contribution in [0, 0.1) is 35.5 Å². The van der Waals surface area contributed by atoms with E-state index in [1.807, 2.05) is 58.1 Å². The van der Waals surface area contributed by atoms with Crippen LogP contribution in [0.15, 0.2) is 47.6 Å². The van der Waals surface area contributed by atoms with Crippen LogP contribution >= 0.6 is 0 Å². The molecule has 12 atom stereocenters. The van der Waals surface area contributed by atoms with Crippen molar-refractivity contribution in [3.8, 4) is 0 Å². The summed E-state index contributed by atoms with van der Waals surface area (Å²) in [5.41, 5.74) is 1.38. The number of ketones is 3. The van der Waals surface area contributed by atoms with Gasteiger partial charge in [0.25, 0.3) is 11.7 Å². The second-order valence-corrected chi connectivity index (χ2v) is 19.8. The number of aliphatic hydroxyl groups excluding tert-OH is 3. The van der Waals surface area contributed by atoms with Crippen molar-refractivity contribution >= 4 is 29.2 Å². The number of piperidine rings is 1. The van der Waals surface area contributed by atoms with E-state index in [1.54, 1.807) is 34.0 Å². The summed E-state index contributed by atoms with van der Waals surface area (Å²) in [5, 5.41) is 44.4. The standard InChI is InChI=1S/C51H79NO12/c1-31-14-10-9-11-15-32(2)46(62-8)29-41-22-17-37(7)51(61,64-41)48(58)49(59)52-23-13-12-16-42(52)50(60)63-47(36(6)26-38-18-20-39(53)21-19-38)28-40(54)27-43(55)34(4)25-35(5)45(57)30-44(56)33(3)24-31/h9-11,14-15,25,31,33-34,36-42,45-47,53-54,57,61H,12-13,16-24,26-30H2,1-8H3/b11-9+,14-10+,32-15+,35-25+/t31-,33+,34-,36-,37-,38-,39-,40?,41+,42+,45+,46+,47+,51-/m1/s1. The number of allylic oxidation sites excluding steroid dienone is 6. The fourth-order valence-corrected chi connectivity index (χ4v) is 9.92. The van der Waals surface area contributed by atoms with Crippen molar-refractivity contribution in [2.45, 2.75) is 193 Å². The SMILES string of the molecule is CO[C@H]1C[C@@H]2CC[C@@H](C)[C@@](O)(O2)C(=O)C(=O)N2CCCC[C@H]2C(=O)O[C@H]([C@H](C)C[C@H]2CC[C@H](O)CC2)CC(O)CC(=O)[C@H](C)/C=C(\C)[C@@H](O)CC(=O)[C@@H](C)C[C@H](C)/C=C/C=C/C=C/1C. The van der Waals surface area contributed by atoms with Crippen LogP contribution in [0.2, 0.25) is 0 Å². The molecule has 0 aromatic rings. The van der Waals surface area contributed by atoms with Crippen molar-refractivity contribution in [2.24, 2.45) is 35.5 Å². The van der Waals surface area contributed by atoms with E-state index in [0.29, 0.717) is 63.4 Å².